The molecule has 4 saturated carbocycles. The minimum atomic E-state index is -0.420. The average molecular weight is 1230 g/mol. The van der Waals surface area contributed by atoms with E-state index in [1.165, 1.54) is 62.8 Å². The van der Waals surface area contributed by atoms with E-state index >= 15 is 0 Å². The fourth-order valence-corrected chi connectivity index (χ4v) is 9.74. The number of Topliss-reactive ketones (excluding diaryl/α,β-unsaturated/α-hetero) is 2. The monoisotopic (exact) mass is 1230 g/mol. The van der Waals surface area contributed by atoms with Gasteiger partial charge in [-0.25, -0.2) is 18.0 Å². The van der Waals surface area contributed by atoms with Crippen LogP contribution in [-0.2, 0) is 30.5 Å². The number of aliphatic hydroxyl groups excluding tert-OH is 1. The van der Waals surface area contributed by atoms with E-state index in [0.717, 1.165) is 112 Å². The molecule has 0 aliphatic heterocycles. The quantitative estimate of drug-likeness (QED) is 0.0381. The summed E-state index contributed by atoms with van der Waals surface area (Å²) in [4.78, 5) is 66.1. The second-order valence-electron chi connectivity index (χ2n) is 21.6. The second-order valence-corrected chi connectivity index (χ2v) is 21.6. The summed E-state index contributed by atoms with van der Waals surface area (Å²) in [6.45, 7) is 1.62. The largest absolute Gasteiger partial charge is 1.00 e. The minimum absolute atomic E-state index is 0. The first kappa shape index (κ1) is 66.6. The molecule has 15 nitrogen and oxygen atoms in total. The molecule has 3 heterocycles. The number of para-hydroxylation sites is 4. The molecule has 4 fully saturated rings. The number of esters is 2. The normalized spacial score (nSPS) is 13.6. The molecule has 19 heteroatoms. The van der Waals surface area contributed by atoms with E-state index in [0.29, 0.717) is 61.8 Å². The molecule has 0 amide bonds. The third-order valence-corrected chi connectivity index (χ3v) is 15.1. The molecular formula is C70H64F3KN6O9. The van der Waals surface area contributed by atoms with E-state index in [9.17, 15) is 47.5 Å². The number of rotatable bonds is 12. The molecule has 0 unspecified atom stereocenters. The maximum absolute atomic E-state index is 13.4. The van der Waals surface area contributed by atoms with Crippen LogP contribution in [0.2, 0.25) is 0 Å². The van der Waals surface area contributed by atoms with E-state index in [1.54, 1.807) is 73.7 Å². The molecule has 4 aliphatic carbocycles. The Labute approximate surface area is 554 Å². The first-order chi connectivity index (χ1) is 42.6. The van der Waals surface area contributed by atoms with Crippen molar-refractivity contribution >= 4 is 67.8 Å². The van der Waals surface area contributed by atoms with Crippen molar-refractivity contribution < 1.29 is 103 Å². The zero-order valence-electron chi connectivity index (χ0n) is 49.7. The maximum atomic E-state index is 13.4. The molecule has 7 aromatic carbocycles. The van der Waals surface area contributed by atoms with Crippen LogP contribution in [0.25, 0.3) is 55.1 Å². The van der Waals surface area contributed by atoms with E-state index in [2.05, 4.69) is 15.0 Å². The van der Waals surface area contributed by atoms with Gasteiger partial charge in [0.25, 0.3) is 0 Å². The summed E-state index contributed by atoms with van der Waals surface area (Å²) >= 11 is 0. The number of halogens is 3. The molecular weight excluding hydrogens is 1160 g/mol. The number of carbonyl (C=O) groups excluding carboxylic acids is 5. The van der Waals surface area contributed by atoms with Crippen molar-refractivity contribution in [1.82, 2.24) is 25.1 Å². The third-order valence-electron chi connectivity index (χ3n) is 15.1. The minimum Gasteiger partial charge on any atom is -0.789 e. The number of hydrogen-bond acceptors (Lipinski definition) is 14. The summed E-state index contributed by atoms with van der Waals surface area (Å²) in [6.07, 6.45) is 8.47. The zero-order chi connectivity index (χ0) is 62.4. The van der Waals surface area contributed by atoms with Crippen LogP contribution in [0.5, 0.6) is 0 Å². The molecule has 3 N–H and O–H groups in total. The molecule has 0 atom stereocenters. The molecule has 89 heavy (non-hydrogen) atoms. The third kappa shape index (κ3) is 17.7. The van der Waals surface area contributed by atoms with Gasteiger partial charge in [-0.05, 0) is 160 Å². The van der Waals surface area contributed by atoms with Gasteiger partial charge < -0.3 is 25.5 Å². The molecule has 4 aliphatic rings. The molecule has 10 aromatic rings. The number of ether oxygens (including phenoxy) is 2. The van der Waals surface area contributed by atoms with Crippen molar-refractivity contribution in [2.45, 2.75) is 83.2 Å². The topological polar surface area (TPSA) is 230 Å². The number of fused-ring (bicyclic) bond motifs is 3. The summed E-state index contributed by atoms with van der Waals surface area (Å²) < 4.78 is 48.7. The Balaban J connectivity index is 0.000000145. The zero-order valence-corrected chi connectivity index (χ0v) is 52.8. The second kappa shape index (κ2) is 31.2. The van der Waals surface area contributed by atoms with Gasteiger partial charge in [-0.2, -0.15) is 0 Å². The number of nitrogens with two attached hydrogens (primary N) is 1. The summed E-state index contributed by atoms with van der Waals surface area (Å²) in [6, 6.07) is 47.6. The number of aliphatic hydroxyl groups is 1. The molecule has 450 valence electrons. The van der Waals surface area contributed by atoms with Gasteiger partial charge in [0.15, 0.2) is 5.78 Å². The number of methoxy groups -OCH3 is 2. The predicted molar refractivity (Wildman–Crippen MR) is 330 cm³/mol. The maximum Gasteiger partial charge on any atom is 1.00 e. The summed E-state index contributed by atoms with van der Waals surface area (Å²) in [5, 5.41) is 29.5. The van der Waals surface area contributed by atoms with Gasteiger partial charge >= 0.3 is 63.3 Å². The fraction of sp³-hybridized carbons (Fsp3) is 0.243. The number of benzene rings is 7. The van der Waals surface area contributed by atoms with Crippen molar-refractivity contribution in [1.29, 1.82) is 0 Å². The van der Waals surface area contributed by atoms with Crippen molar-refractivity contribution in [2.24, 2.45) is 11.8 Å². The average Bonchev–Trinajstić information content (AvgIpc) is 1.84. The van der Waals surface area contributed by atoms with E-state index < -0.39 is 11.9 Å². The van der Waals surface area contributed by atoms with Crippen molar-refractivity contribution in [3.8, 4) is 22.3 Å². The molecule has 3 aromatic heterocycles. The van der Waals surface area contributed by atoms with Gasteiger partial charge in [0, 0.05) is 62.4 Å². The standard InChI is InChI=1S/C20H16FNO2.C19H16FNO.C13H10FNO.C7H10O3.C6H4N3O.C5H8O.K/c1-24-20(23)18-17(12-8-10-14(21)11-9-12)15-4-2-3-5-16(15)22-19(18)13-6-7-13;20-14-9-7-12(8-10-14)18-15-3-1-2-4-17(15)21-19(13-5-6-13)16(18)11-22;14-10-7-5-9(6-8-10)13(16)11-3-1-2-4-12(11)15;1-10-7(9)4-6(8)5-2-3-5;10-9-6-4-2-1-3-5(6)7-8-9;1-4(6)5-2-3-5;/h2-5,8-11,13H,6-7H2,1H3;1-4,7-10,13,22H,5-6,11H2;1-8H,15H2;5H,2-4H2,1H3;1-4H;5H,2-3H2,1H3;/q;;;;-1;;+1. The van der Waals surface area contributed by atoms with Gasteiger partial charge in [0.1, 0.15) is 41.0 Å². The van der Waals surface area contributed by atoms with Gasteiger partial charge in [0.2, 0.25) is 0 Å². The van der Waals surface area contributed by atoms with E-state index in [1.807, 2.05) is 54.6 Å². The molecule has 0 radical (unpaired) electrons. The first-order valence-electron chi connectivity index (χ1n) is 28.8. The molecule has 0 bridgehead atoms. The number of nitrogens with zero attached hydrogens (tertiary/aromatic N) is 5. The van der Waals surface area contributed by atoms with Gasteiger partial charge in [0.05, 0.1) is 54.3 Å². The number of pyridine rings is 2. The van der Waals surface area contributed by atoms with Crippen molar-refractivity contribution in [2.75, 3.05) is 20.0 Å². The SMILES string of the molecule is CC(=O)C1CC1.COC(=O)CC(=O)C1CC1.COC(=O)c1c(C2CC2)nc2ccccc2c1-c1ccc(F)cc1.Nc1ccccc1C(=O)c1ccc(F)cc1.OCc1c(C2CC2)nc2ccccc2c1-c1ccc(F)cc1.[K+].[O-]n1nnc2ccccc21. The Morgan fingerprint density at radius 1 is 0.584 bits per heavy atom. The Morgan fingerprint density at radius 3 is 1.54 bits per heavy atom. The van der Waals surface area contributed by atoms with Crippen LogP contribution in [-0.4, -0.2) is 73.7 Å². The van der Waals surface area contributed by atoms with Crippen LogP contribution in [0.4, 0.5) is 18.9 Å². The van der Waals surface area contributed by atoms with Crippen molar-refractivity contribution in [3.05, 3.63) is 226 Å². The Morgan fingerprint density at radius 2 is 1.06 bits per heavy atom. The molecule has 0 spiro atoms. The smallest absolute Gasteiger partial charge is 0.789 e. The summed E-state index contributed by atoms with van der Waals surface area (Å²) in [5.74, 6) is -0.156. The van der Waals surface area contributed by atoms with Gasteiger partial charge in [-0.1, -0.05) is 90.1 Å². The fourth-order valence-electron chi connectivity index (χ4n) is 9.74. The Kier molecular flexibility index (Phi) is 23.4. The summed E-state index contributed by atoms with van der Waals surface area (Å²) in [5.41, 5.74) is 16.6. The number of hydrogen-bond donors (Lipinski definition) is 2. The van der Waals surface area contributed by atoms with Crippen LogP contribution < -0.4 is 57.1 Å². The van der Waals surface area contributed by atoms with Gasteiger partial charge in [-0.3, -0.25) is 34.0 Å². The Bertz CT molecular complexity index is 4130. The predicted octanol–water partition coefficient (Wildman–Crippen LogP) is 11.0. The van der Waals surface area contributed by atoms with Crippen LogP contribution in [0.15, 0.2) is 170 Å². The summed E-state index contributed by atoms with van der Waals surface area (Å²) in [7, 11) is 2.67. The van der Waals surface area contributed by atoms with E-state index in [4.69, 9.17) is 20.4 Å². The van der Waals surface area contributed by atoms with Crippen LogP contribution in [0.1, 0.15) is 120 Å². The number of aromatic nitrogens is 5. The van der Waals surface area contributed by atoms with Gasteiger partial charge in [-0.15, -0.1) is 5.10 Å². The molecule has 0 saturated heterocycles. The van der Waals surface area contributed by atoms with E-state index in [-0.39, 0.29) is 99.3 Å². The number of carbonyl (C=O) groups is 5. The Hall–Kier alpha value is -8.30. The van der Waals surface area contributed by atoms with Crippen LogP contribution >= 0.6 is 0 Å². The number of anilines is 1. The van der Waals surface area contributed by atoms with Crippen LogP contribution in [0, 0.1) is 34.5 Å². The molecule has 14 rings (SSSR count). The number of nitrogen functional groups attached to an aromatic ring is 1. The number of ketones is 3. The first-order valence-corrected chi connectivity index (χ1v) is 28.8. The van der Waals surface area contributed by atoms with Crippen molar-refractivity contribution in [3.63, 3.8) is 0 Å². The van der Waals surface area contributed by atoms with Crippen LogP contribution in [0.3, 0.4) is 0 Å².